The highest BCUT2D eigenvalue weighted by molar-refractivity contribution is 7.09. The first kappa shape index (κ1) is 13.4. The maximum absolute atomic E-state index is 13.8. The van der Waals surface area contributed by atoms with Gasteiger partial charge in [0.15, 0.2) is 0 Å². The summed E-state index contributed by atoms with van der Waals surface area (Å²) in [4.78, 5) is 5.18. The van der Waals surface area contributed by atoms with Gasteiger partial charge in [0, 0.05) is 4.88 Å². The number of rotatable bonds is 4. The van der Waals surface area contributed by atoms with E-state index in [2.05, 4.69) is 10.4 Å². The molecule has 6 heteroatoms. The molecule has 0 aliphatic rings. The quantitative estimate of drug-likeness (QED) is 0.671. The normalized spacial score (nSPS) is 12.7. The fourth-order valence-electron chi connectivity index (χ4n) is 1.80. The van der Waals surface area contributed by atoms with Crippen LogP contribution in [0.3, 0.4) is 0 Å². The molecule has 0 fully saturated rings. The number of nitrogens with two attached hydrogens (primary N) is 1. The Morgan fingerprint density at radius 1 is 1.56 bits per heavy atom. The number of nitrogens with one attached hydrogen (secondary N) is 1. The van der Waals surface area contributed by atoms with Crippen LogP contribution in [0.15, 0.2) is 23.7 Å². The minimum Gasteiger partial charge on any atom is -0.271 e. The van der Waals surface area contributed by atoms with Gasteiger partial charge in [0.25, 0.3) is 0 Å². The van der Waals surface area contributed by atoms with Gasteiger partial charge in [-0.25, -0.2) is 9.37 Å². The van der Waals surface area contributed by atoms with Gasteiger partial charge in [-0.05, 0) is 25.0 Å². The van der Waals surface area contributed by atoms with Crippen LogP contribution in [-0.2, 0) is 6.42 Å². The summed E-state index contributed by atoms with van der Waals surface area (Å²) < 4.78 is 13.8. The van der Waals surface area contributed by atoms with Crippen LogP contribution >= 0.6 is 22.9 Å². The van der Waals surface area contributed by atoms with Gasteiger partial charge < -0.3 is 0 Å². The second-order valence-electron chi connectivity index (χ2n) is 3.94. The number of aromatic nitrogens is 1. The second-order valence-corrected chi connectivity index (χ2v) is 5.23. The SMILES string of the molecule is Cc1ncsc1C(Cc1cccc(Cl)c1F)NN. The molecular weight excluding hydrogens is 273 g/mol. The maximum atomic E-state index is 13.8. The van der Waals surface area contributed by atoms with Gasteiger partial charge in [0.2, 0.25) is 0 Å². The summed E-state index contributed by atoms with van der Waals surface area (Å²) in [5.41, 5.74) is 5.90. The number of hydrazine groups is 1. The molecule has 0 saturated carbocycles. The summed E-state index contributed by atoms with van der Waals surface area (Å²) in [6.45, 7) is 1.91. The van der Waals surface area contributed by atoms with Gasteiger partial charge in [-0.15, -0.1) is 11.3 Å². The van der Waals surface area contributed by atoms with Gasteiger partial charge in [-0.1, -0.05) is 23.7 Å². The number of halogens is 2. The Bertz CT molecular complexity index is 544. The highest BCUT2D eigenvalue weighted by Gasteiger charge is 2.18. The fraction of sp³-hybridized carbons (Fsp3) is 0.250. The lowest BCUT2D eigenvalue weighted by molar-refractivity contribution is 0.533. The Morgan fingerprint density at radius 3 is 2.94 bits per heavy atom. The molecule has 0 radical (unpaired) electrons. The summed E-state index contributed by atoms with van der Waals surface area (Å²) in [5.74, 6) is 5.15. The first-order valence-corrected chi connectivity index (χ1v) is 6.68. The Labute approximate surface area is 114 Å². The van der Waals surface area contributed by atoms with E-state index in [9.17, 15) is 4.39 Å². The molecule has 96 valence electrons. The van der Waals surface area contributed by atoms with Gasteiger partial charge in [-0.3, -0.25) is 11.3 Å². The van der Waals surface area contributed by atoms with Gasteiger partial charge in [0.1, 0.15) is 5.82 Å². The maximum Gasteiger partial charge on any atom is 0.145 e. The van der Waals surface area contributed by atoms with E-state index >= 15 is 0 Å². The molecule has 0 spiro atoms. The predicted octanol–water partition coefficient (Wildman–Crippen LogP) is 2.99. The largest absolute Gasteiger partial charge is 0.271 e. The van der Waals surface area contributed by atoms with Crippen molar-refractivity contribution in [3.05, 3.63) is 50.7 Å². The van der Waals surface area contributed by atoms with Crippen molar-refractivity contribution in [2.24, 2.45) is 5.84 Å². The third-order valence-corrected chi connectivity index (χ3v) is 4.09. The van der Waals surface area contributed by atoms with Crippen LogP contribution < -0.4 is 11.3 Å². The fourth-order valence-corrected chi connectivity index (χ4v) is 2.86. The number of thiazole rings is 1. The van der Waals surface area contributed by atoms with Crippen molar-refractivity contribution >= 4 is 22.9 Å². The molecule has 3 N–H and O–H groups in total. The summed E-state index contributed by atoms with van der Waals surface area (Å²) in [6.07, 6.45) is 0.436. The molecule has 0 amide bonds. The van der Waals surface area contributed by atoms with Crippen LogP contribution in [0.1, 0.15) is 22.2 Å². The summed E-state index contributed by atoms with van der Waals surface area (Å²) in [7, 11) is 0. The van der Waals surface area contributed by atoms with Crippen molar-refractivity contribution in [1.82, 2.24) is 10.4 Å². The minimum absolute atomic E-state index is 0.129. The number of nitrogens with zero attached hydrogens (tertiary/aromatic N) is 1. The summed E-state index contributed by atoms with van der Waals surface area (Å²) in [5, 5.41) is 0.129. The molecule has 0 aliphatic heterocycles. The zero-order valence-corrected chi connectivity index (χ0v) is 11.4. The van der Waals surface area contributed by atoms with E-state index in [4.69, 9.17) is 17.4 Å². The monoisotopic (exact) mass is 285 g/mol. The third-order valence-electron chi connectivity index (χ3n) is 2.76. The molecule has 3 nitrogen and oxygen atoms in total. The number of hydrogen-bond donors (Lipinski definition) is 2. The molecule has 0 saturated heterocycles. The minimum atomic E-state index is -0.387. The van der Waals surface area contributed by atoms with Crippen molar-refractivity contribution in [3.8, 4) is 0 Å². The van der Waals surface area contributed by atoms with Crippen LogP contribution in [0.5, 0.6) is 0 Å². The van der Waals surface area contributed by atoms with Crippen LogP contribution in [0.4, 0.5) is 4.39 Å². The van der Waals surface area contributed by atoms with E-state index < -0.39 is 0 Å². The number of aryl methyl sites for hydroxylation is 1. The highest BCUT2D eigenvalue weighted by atomic mass is 35.5. The van der Waals surface area contributed by atoms with Crippen LogP contribution in [0.25, 0.3) is 0 Å². The second kappa shape index (κ2) is 5.75. The molecule has 0 bridgehead atoms. The average molecular weight is 286 g/mol. The zero-order chi connectivity index (χ0) is 13.1. The smallest absolute Gasteiger partial charge is 0.145 e. The van der Waals surface area contributed by atoms with Crippen molar-refractivity contribution in [3.63, 3.8) is 0 Å². The Balaban J connectivity index is 2.26. The van der Waals surface area contributed by atoms with E-state index in [1.807, 2.05) is 6.92 Å². The van der Waals surface area contributed by atoms with Crippen LogP contribution in [-0.4, -0.2) is 4.98 Å². The first-order valence-electron chi connectivity index (χ1n) is 5.42. The van der Waals surface area contributed by atoms with Gasteiger partial charge in [0.05, 0.1) is 22.3 Å². The van der Waals surface area contributed by atoms with Crippen LogP contribution in [0.2, 0.25) is 5.02 Å². The third kappa shape index (κ3) is 2.70. The summed E-state index contributed by atoms with van der Waals surface area (Å²) in [6, 6.07) is 4.81. The molecular formula is C12H13ClFN3S. The lowest BCUT2D eigenvalue weighted by Crippen LogP contribution is -2.29. The van der Waals surface area contributed by atoms with E-state index in [-0.39, 0.29) is 16.9 Å². The lowest BCUT2D eigenvalue weighted by atomic mass is 10.0. The summed E-state index contributed by atoms with van der Waals surface area (Å²) >= 11 is 7.26. The van der Waals surface area contributed by atoms with E-state index in [0.29, 0.717) is 12.0 Å². The molecule has 1 aromatic carbocycles. The van der Waals surface area contributed by atoms with Crippen molar-refractivity contribution in [2.45, 2.75) is 19.4 Å². The highest BCUT2D eigenvalue weighted by Crippen LogP contribution is 2.27. The molecule has 1 unspecified atom stereocenters. The van der Waals surface area contributed by atoms with Crippen molar-refractivity contribution in [1.29, 1.82) is 0 Å². The molecule has 2 rings (SSSR count). The van der Waals surface area contributed by atoms with Crippen molar-refractivity contribution in [2.75, 3.05) is 0 Å². The van der Waals surface area contributed by atoms with Crippen molar-refractivity contribution < 1.29 is 4.39 Å². The van der Waals surface area contributed by atoms with Gasteiger partial charge in [-0.2, -0.15) is 0 Å². The standard InChI is InChI=1S/C12H13ClFN3S/c1-7-12(18-6-16-7)10(17-15)5-8-3-2-4-9(13)11(8)14/h2-4,6,10,17H,5,15H2,1H3. The Morgan fingerprint density at radius 2 is 2.33 bits per heavy atom. The molecule has 0 aliphatic carbocycles. The molecule has 18 heavy (non-hydrogen) atoms. The van der Waals surface area contributed by atoms with Crippen LogP contribution in [0, 0.1) is 12.7 Å². The molecule has 1 atom stereocenters. The topological polar surface area (TPSA) is 50.9 Å². The zero-order valence-electron chi connectivity index (χ0n) is 9.78. The average Bonchev–Trinajstić information content (AvgIpc) is 2.77. The Kier molecular flexibility index (Phi) is 4.29. The predicted molar refractivity (Wildman–Crippen MR) is 72.0 cm³/mol. The molecule has 2 aromatic rings. The first-order chi connectivity index (χ1) is 8.63. The van der Waals surface area contributed by atoms with Gasteiger partial charge >= 0.3 is 0 Å². The molecule has 1 heterocycles. The van der Waals surface area contributed by atoms with E-state index in [1.54, 1.807) is 17.6 Å². The Hall–Kier alpha value is -1.01. The number of benzene rings is 1. The lowest BCUT2D eigenvalue weighted by Gasteiger charge is -2.15. The number of hydrogen-bond acceptors (Lipinski definition) is 4. The van der Waals surface area contributed by atoms with E-state index in [1.165, 1.54) is 17.4 Å². The molecule has 1 aromatic heterocycles. The van der Waals surface area contributed by atoms with E-state index in [0.717, 1.165) is 10.6 Å².